The first-order valence-corrected chi connectivity index (χ1v) is 5.25. The zero-order valence-corrected chi connectivity index (χ0v) is 8.79. The minimum Gasteiger partial charge on any atom is -0.311 e. The number of nitrogens with zero attached hydrogens (tertiary/aromatic N) is 1. The molecule has 2 nitrogen and oxygen atoms in total. The third-order valence-corrected chi connectivity index (χ3v) is 3.09. The summed E-state index contributed by atoms with van der Waals surface area (Å²) in [4.78, 5) is 5.89. The van der Waals surface area contributed by atoms with E-state index in [1.807, 2.05) is 11.3 Å². The maximum absolute atomic E-state index is 4.47. The van der Waals surface area contributed by atoms with Gasteiger partial charge in [0.1, 0.15) is 5.01 Å². The second kappa shape index (κ2) is 4.58. The lowest BCUT2D eigenvalue weighted by Gasteiger charge is -1.94. The molecule has 0 amide bonds. The highest BCUT2D eigenvalue weighted by atomic mass is 32.1. The van der Waals surface area contributed by atoms with Gasteiger partial charge in [-0.15, -0.1) is 11.3 Å². The molecule has 0 aliphatic rings. The summed E-state index contributed by atoms with van der Waals surface area (Å²) in [6.45, 7) is 8.31. The summed E-state index contributed by atoms with van der Waals surface area (Å²) in [5.41, 5.74) is 1.20. The molecule has 1 N–H and O–H groups in total. The van der Waals surface area contributed by atoms with Crippen molar-refractivity contribution < 1.29 is 0 Å². The molecule has 0 aliphatic heterocycles. The quantitative estimate of drug-likeness (QED) is 0.775. The van der Waals surface area contributed by atoms with Crippen LogP contribution in [0.15, 0.2) is 0 Å². The van der Waals surface area contributed by atoms with Crippen molar-refractivity contribution in [3.8, 4) is 0 Å². The van der Waals surface area contributed by atoms with Crippen LogP contribution in [0.3, 0.4) is 0 Å². The number of hydrogen-bond acceptors (Lipinski definition) is 3. The van der Waals surface area contributed by atoms with Gasteiger partial charge < -0.3 is 5.32 Å². The lowest BCUT2D eigenvalue weighted by Crippen LogP contribution is -2.11. The predicted molar refractivity (Wildman–Crippen MR) is 53.6 cm³/mol. The van der Waals surface area contributed by atoms with E-state index >= 15 is 0 Å². The van der Waals surface area contributed by atoms with Crippen molar-refractivity contribution in [3.05, 3.63) is 15.6 Å². The van der Waals surface area contributed by atoms with Crippen molar-refractivity contribution in [3.63, 3.8) is 0 Å². The Balaban J connectivity index is 2.62. The summed E-state index contributed by atoms with van der Waals surface area (Å²) in [7, 11) is 0. The molecule has 0 aliphatic carbocycles. The van der Waals surface area contributed by atoms with Crippen molar-refractivity contribution in [2.75, 3.05) is 6.54 Å². The topological polar surface area (TPSA) is 24.9 Å². The van der Waals surface area contributed by atoms with Crippen LogP contribution >= 0.6 is 11.3 Å². The molecule has 1 rings (SSSR count). The van der Waals surface area contributed by atoms with E-state index in [1.54, 1.807) is 0 Å². The molecule has 0 fully saturated rings. The lowest BCUT2D eigenvalue weighted by atomic mass is 10.3. The van der Waals surface area contributed by atoms with Crippen LogP contribution in [0.2, 0.25) is 0 Å². The fourth-order valence-electron chi connectivity index (χ4n) is 1.12. The summed E-state index contributed by atoms with van der Waals surface area (Å²) in [6.07, 6.45) is 1.11. The van der Waals surface area contributed by atoms with Crippen LogP contribution in [0.4, 0.5) is 0 Å². The first-order chi connectivity index (χ1) is 5.77. The van der Waals surface area contributed by atoms with Gasteiger partial charge >= 0.3 is 0 Å². The maximum Gasteiger partial charge on any atom is 0.107 e. The first-order valence-electron chi connectivity index (χ1n) is 4.43. The van der Waals surface area contributed by atoms with Gasteiger partial charge in [0.25, 0.3) is 0 Å². The summed E-state index contributed by atoms with van der Waals surface area (Å²) < 4.78 is 0. The molecular formula is C9H16N2S. The molecule has 3 heteroatoms. The van der Waals surface area contributed by atoms with Gasteiger partial charge in [-0.05, 0) is 19.9 Å². The van der Waals surface area contributed by atoms with Gasteiger partial charge in [-0.2, -0.15) is 0 Å². The number of hydrogen-bond donors (Lipinski definition) is 1. The zero-order valence-electron chi connectivity index (χ0n) is 7.98. The van der Waals surface area contributed by atoms with Crippen LogP contribution in [-0.4, -0.2) is 11.5 Å². The number of thiazole rings is 1. The molecule has 1 aromatic rings. The number of nitrogens with one attached hydrogen (secondary N) is 1. The van der Waals surface area contributed by atoms with Crippen molar-refractivity contribution in [2.24, 2.45) is 0 Å². The molecule has 0 spiro atoms. The Kier molecular flexibility index (Phi) is 3.69. The highest BCUT2D eigenvalue weighted by Gasteiger charge is 2.03. The Bertz CT molecular complexity index is 243. The predicted octanol–water partition coefficient (Wildman–Crippen LogP) is 2.12. The van der Waals surface area contributed by atoms with E-state index in [-0.39, 0.29) is 0 Å². The van der Waals surface area contributed by atoms with Crippen LogP contribution in [0.25, 0.3) is 0 Å². The molecule has 0 atom stereocenters. The van der Waals surface area contributed by atoms with Crippen LogP contribution in [0.1, 0.15) is 29.4 Å². The van der Waals surface area contributed by atoms with Crippen LogP contribution in [0, 0.1) is 6.92 Å². The van der Waals surface area contributed by atoms with E-state index in [4.69, 9.17) is 0 Å². The monoisotopic (exact) mass is 184 g/mol. The van der Waals surface area contributed by atoms with E-state index in [1.165, 1.54) is 15.6 Å². The Morgan fingerprint density at radius 3 is 2.67 bits per heavy atom. The van der Waals surface area contributed by atoms with Crippen molar-refractivity contribution in [1.82, 2.24) is 10.3 Å². The summed E-state index contributed by atoms with van der Waals surface area (Å²) in [5, 5.41) is 4.49. The van der Waals surface area contributed by atoms with Crippen LogP contribution in [-0.2, 0) is 13.0 Å². The normalized spacial score (nSPS) is 10.6. The average Bonchev–Trinajstić information content (AvgIpc) is 2.43. The number of aryl methyl sites for hydroxylation is 2. The smallest absolute Gasteiger partial charge is 0.107 e. The molecule has 1 heterocycles. The summed E-state index contributed by atoms with van der Waals surface area (Å²) in [6, 6.07) is 0. The number of rotatable bonds is 4. The van der Waals surface area contributed by atoms with Gasteiger partial charge in [-0.25, -0.2) is 4.98 Å². The third kappa shape index (κ3) is 2.29. The molecule has 68 valence electrons. The highest BCUT2D eigenvalue weighted by molar-refractivity contribution is 7.11. The molecule has 1 aromatic heterocycles. The first kappa shape index (κ1) is 9.68. The van der Waals surface area contributed by atoms with Gasteiger partial charge in [0.05, 0.1) is 5.69 Å². The summed E-state index contributed by atoms with van der Waals surface area (Å²) >= 11 is 1.83. The standard InChI is InChI=1S/C9H16N2S/c1-4-8-7(3)11-9(12-8)6-10-5-2/h10H,4-6H2,1-3H3. The van der Waals surface area contributed by atoms with E-state index in [9.17, 15) is 0 Å². The molecule has 12 heavy (non-hydrogen) atoms. The van der Waals surface area contributed by atoms with Crippen LogP contribution < -0.4 is 5.32 Å². The lowest BCUT2D eigenvalue weighted by molar-refractivity contribution is 0.721. The zero-order chi connectivity index (χ0) is 8.97. The Morgan fingerprint density at radius 1 is 1.42 bits per heavy atom. The van der Waals surface area contributed by atoms with Crippen molar-refractivity contribution in [1.29, 1.82) is 0 Å². The molecular weight excluding hydrogens is 168 g/mol. The molecule has 0 radical (unpaired) electrons. The van der Waals surface area contributed by atoms with Gasteiger partial charge in [-0.1, -0.05) is 13.8 Å². The third-order valence-electron chi connectivity index (χ3n) is 1.78. The van der Waals surface area contributed by atoms with Crippen molar-refractivity contribution >= 4 is 11.3 Å². The van der Waals surface area contributed by atoms with Crippen LogP contribution in [0.5, 0.6) is 0 Å². The van der Waals surface area contributed by atoms with E-state index in [0.717, 1.165) is 19.5 Å². The molecule has 0 saturated heterocycles. The molecule has 0 saturated carbocycles. The molecule has 0 aromatic carbocycles. The molecule has 0 unspecified atom stereocenters. The largest absolute Gasteiger partial charge is 0.311 e. The minimum atomic E-state index is 0.919. The van der Waals surface area contributed by atoms with E-state index < -0.39 is 0 Å². The fourth-order valence-corrected chi connectivity index (χ4v) is 2.10. The number of aromatic nitrogens is 1. The maximum atomic E-state index is 4.47. The average molecular weight is 184 g/mol. The fraction of sp³-hybridized carbons (Fsp3) is 0.667. The Labute approximate surface area is 78.0 Å². The highest BCUT2D eigenvalue weighted by Crippen LogP contribution is 2.17. The Hall–Kier alpha value is -0.410. The van der Waals surface area contributed by atoms with E-state index in [0.29, 0.717) is 0 Å². The SMILES string of the molecule is CCNCc1nc(C)c(CC)s1. The van der Waals surface area contributed by atoms with Gasteiger partial charge in [-0.3, -0.25) is 0 Å². The Morgan fingerprint density at radius 2 is 2.17 bits per heavy atom. The van der Waals surface area contributed by atoms with Gasteiger partial charge in [0.15, 0.2) is 0 Å². The van der Waals surface area contributed by atoms with E-state index in [2.05, 4.69) is 31.1 Å². The second-order valence-electron chi connectivity index (χ2n) is 2.75. The van der Waals surface area contributed by atoms with Crippen molar-refractivity contribution in [2.45, 2.75) is 33.7 Å². The minimum absolute atomic E-state index is 0.919. The summed E-state index contributed by atoms with van der Waals surface area (Å²) in [5.74, 6) is 0. The van der Waals surface area contributed by atoms with Gasteiger partial charge in [0.2, 0.25) is 0 Å². The second-order valence-corrected chi connectivity index (χ2v) is 3.92. The van der Waals surface area contributed by atoms with Gasteiger partial charge in [0, 0.05) is 11.4 Å². The molecule has 0 bridgehead atoms.